The van der Waals surface area contributed by atoms with E-state index in [4.69, 9.17) is 5.73 Å². The Labute approximate surface area is 96.9 Å². The van der Waals surface area contributed by atoms with Crippen molar-refractivity contribution in [2.75, 3.05) is 24.7 Å². The Kier molecular flexibility index (Phi) is 2.39. The molecule has 88 valence electrons. The zero-order valence-electron chi connectivity index (χ0n) is 10.4. The third kappa shape index (κ3) is 1.55. The Bertz CT molecular complexity index is 424. The predicted molar refractivity (Wildman–Crippen MR) is 67.6 cm³/mol. The maximum Gasteiger partial charge on any atom is 0.0847 e. The molecule has 3 heteroatoms. The fourth-order valence-corrected chi connectivity index (χ4v) is 2.47. The average Bonchev–Trinajstić information content (AvgIpc) is 2.36. The molecule has 16 heavy (non-hydrogen) atoms. The van der Waals surface area contributed by atoms with Gasteiger partial charge in [-0.15, -0.1) is 0 Å². The molecule has 0 spiro atoms. The summed E-state index contributed by atoms with van der Waals surface area (Å²) in [5.41, 5.74) is 9.90. The van der Waals surface area contributed by atoms with E-state index < -0.39 is 0 Å². The van der Waals surface area contributed by atoms with Crippen LogP contribution in [0.4, 0.5) is 11.4 Å². The van der Waals surface area contributed by atoms with E-state index >= 15 is 0 Å². The standard InChI is InChI=1S/C13H20N2O/c1-13(2)7-8-5-10(14)11(15(3)4)6-9(8)12(13)16/h5-6,12,16H,7,14H2,1-4H3. The Morgan fingerprint density at radius 2 is 2.00 bits per heavy atom. The number of benzene rings is 1. The van der Waals surface area contributed by atoms with Gasteiger partial charge in [-0.25, -0.2) is 0 Å². The Morgan fingerprint density at radius 1 is 1.38 bits per heavy atom. The SMILES string of the molecule is CN(C)c1cc2c(cc1N)CC(C)(C)C2O. The molecule has 1 atom stereocenters. The van der Waals surface area contributed by atoms with Crippen molar-refractivity contribution < 1.29 is 5.11 Å². The zero-order chi connectivity index (χ0) is 12.1. The molecule has 1 aliphatic carbocycles. The van der Waals surface area contributed by atoms with Crippen molar-refractivity contribution >= 4 is 11.4 Å². The number of aliphatic hydroxyl groups is 1. The lowest BCUT2D eigenvalue weighted by molar-refractivity contribution is 0.0666. The number of nitrogens with zero attached hydrogens (tertiary/aromatic N) is 1. The second-order valence-electron chi connectivity index (χ2n) is 5.57. The summed E-state index contributed by atoms with van der Waals surface area (Å²) < 4.78 is 0. The van der Waals surface area contributed by atoms with Gasteiger partial charge >= 0.3 is 0 Å². The number of anilines is 2. The minimum atomic E-state index is -0.387. The monoisotopic (exact) mass is 220 g/mol. The topological polar surface area (TPSA) is 49.5 Å². The molecule has 0 aliphatic heterocycles. The van der Waals surface area contributed by atoms with E-state index in [1.165, 1.54) is 5.56 Å². The highest BCUT2D eigenvalue weighted by Gasteiger charge is 2.38. The molecule has 0 saturated heterocycles. The van der Waals surface area contributed by atoms with Gasteiger partial charge in [0.1, 0.15) is 0 Å². The lowest BCUT2D eigenvalue weighted by atomic mass is 9.87. The maximum absolute atomic E-state index is 10.2. The minimum absolute atomic E-state index is 0.0836. The van der Waals surface area contributed by atoms with Crippen LogP contribution in [0, 0.1) is 5.41 Å². The van der Waals surface area contributed by atoms with Crippen molar-refractivity contribution in [1.82, 2.24) is 0 Å². The molecule has 0 aromatic heterocycles. The van der Waals surface area contributed by atoms with Crippen LogP contribution in [0.3, 0.4) is 0 Å². The molecule has 1 aromatic rings. The average molecular weight is 220 g/mol. The minimum Gasteiger partial charge on any atom is -0.397 e. The van der Waals surface area contributed by atoms with Crippen LogP contribution >= 0.6 is 0 Å². The number of nitrogen functional groups attached to an aromatic ring is 1. The number of nitrogens with two attached hydrogens (primary N) is 1. The van der Waals surface area contributed by atoms with Gasteiger partial charge < -0.3 is 15.7 Å². The predicted octanol–water partition coefficient (Wildman–Crippen LogP) is 1.95. The third-order valence-corrected chi connectivity index (χ3v) is 3.45. The molecule has 0 fully saturated rings. The van der Waals surface area contributed by atoms with Crippen molar-refractivity contribution in [3.63, 3.8) is 0 Å². The fraction of sp³-hybridized carbons (Fsp3) is 0.538. The van der Waals surface area contributed by atoms with Crippen LogP contribution in [0.15, 0.2) is 12.1 Å². The fourth-order valence-electron chi connectivity index (χ4n) is 2.47. The first kappa shape index (κ1) is 11.3. The molecule has 0 radical (unpaired) electrons. The summed E-state index contributed by atoms with van der Waals surface area (Å²) in [6.45, 7) is 4.17. The molecule has 3 N–H and O–H groups in total. The number of hydrogen-bond donors (Lipinski definition) is 2. The third-order valence-electron chi connectivity index (χ3n) is 3.45. The molecule has 3 nitrogen and oxygen atoms in total. The van der Waals surface area contributed by atoms with Crippen LogP contribution in [-0.2, 0) is 6.42 Å². The van der Waals surface area contributed by atoms with Gasteiger partial charge in [0, 0.05) is 14.1 Å². The number of hydrogen-bond acceptors (Lipinski definition) is 3. The van der Waals surface area contributed by atoms with Gasteiger partial charge in [-0.1, -0.05) is 13.8 Å². The van der Waals surface area contributed by atoms with Crippen molar-refractivity contribution in [3.05, 3.63) is 23.3 Å². The van der Waals surface area contributed by atoms with E-state index in [0.717, 1.165) is 23.4 Å². The summed E-state index contributed by atoms with van der Waals surface area (Å²) in [4.78, 5) is 1.98. The van der Waals surface area contributed by atoms with Crippen LogP contribution < -0.4 is 10.6 Å². The van der Waals surface area contributed by atoms with Gasteiger partial charge in [0.2, 0.25) is 0 Å². The number of fused-ring (bicyclic) bond motifs is 1. The second-order valence-corrected chi connectivity index (χ2v) is 5.57. The first-order valence-corrected chi connectivity index (χ1v) is 5.60. The molecule has 1 aromatic carbocycles. The summed E-state index contributed by atoms with van der Waals surface area (Å²) in [6.07, 6.45) is 0.503. The quantitative estimate of drug-likeness (QED) is 0.711. The number of aliphatic hydroxyl groups excluding tert-OH is 1. The lowest BCUT2D eigenvalue weighted by Crippen LogP contribution is -2.17. The summed E-state index contributed by atoms with van der Waals surface area (Å²) in [6, 6.07) is 4.02. The van der Waals surface area contributed by atoms with Crippen LogP contribution in [0.25, 0.3) is 0 Å². The van der Waals surface area contributed by atoms with Gasteiger partial charge in [-0.3, -0.25) is 0 Å². The van der Waals surface area contributed by atoms with E-state index in [1.807, 2.05) is 31.1 Å². The molecule has 0 saturated carbocycles. The second kappa shape index (κ2) is 3.39. The van der Waals surface area contributed by atoms with Gasteiger partial charge in [0.15, 0.2) is 0 Å². The molecule has 2 rings (SSSR count). The normalized spacial score (nSPS) is 21.9. The summed E-state index contributed by atoms with van der Waals surface area (Å²) in [5.74, 6) is 0. The van der Waals surface area contributed by atoms with Gasteiger partial charge in [0.05, 0.1) is 17.5 Å². The highest BCUT2D eigenvalue weighted by Crippen LogP contribution is 2.47. The van der Waals surface area contributed by atoms with Crippen LogP contribution in [0.1, 0.15) is 31.1 Å². The smallest absolute Gasteiger partial charge is 0.0847 e. The molecular formula is C13H20N2O. The van der Waals surface area contributed by atoms with E-state index in [1.54, 1.807) is 0 Å². The molecular weight excluding hydrogens is 200 g/mol. The largest absolute Gasteiger partial charge is 0.397 e. The first-order valence-electron chi connectivity index (χ1n) is 5.60. The molecule has 1 aliphatic rings. The van der Waals surface area contributed by atoms with Crippen molar-refractivity contribution in [2.24, 2.45) is 5.41 Å². The zero-order valence-corrected chi connectivity index (χ0v) is 10.4. The highest BCUT2D eigenvalue weighted by molar-refractivity contribution is 5.70. The van der Waals surface area contributed by atoms with Gasteiger partial charge in [0.25, 0.3) is 0 Å². The molecule has 0 heterocycles. The van der Waals surface area contributed by atoms with E-state index in [-0.39, 0.29) is 11.5 Å². The Morgan fingerprint density at radius 3 is 2.56 bits per heavy atom. The van der Waals surface area contributed by atoms with E-state index in [9.17, 15) is 5.11 Å². The summed E-state index contributed by atoms with van der Waals surface area (Å²) in [5, 5.41) is 10.2. The van der Waals surface area contributed by atoms with Crippen molar-refractivity contribution in [2.45, 2.75) is 26.4 Å². The van der Waals surface area contributed by atoms with E-state index in [2.05, 4.69) is 13.8 Å². The van der Waals surface area contributed by atoms with Crippen LogP contribution in [0.2, 0.25) is 0 Å². The summed E-state index contributed by atoms with van der Waals surface area (Å²) >= 11 is 0. The Balaban J connectivity index is 2.53. The maximum atomic E-state index is 10.2. The van der Waals surface area contributed by atoms with Gasteiger partial charge in [-0.2, -0.15) is 0 Å². The van der Waals surface area contributed by atoms with Crippen LogP contribution in [0.5, 0.6) is 0 Å². The Hall–Kier alpha value is -1.22. The number of rotatable bonds is 1. The highest BCUT2D eigenvalue weighted by atomic mass is 16.3. The first-order chi connectivity index (χ1) is 7.33. The van der Waals surface area contributed by atoms with Crippen molar-refractivity contribution in [1.29, 1.82) is 0 Å². The summed E-state index contributed by atoms with van der Waals surface area (Å²) in [7, 11) is 3.93. The van der Waals surface area contributed by atoms with E-state index in [0.29, 0.717) is 0 Å². The lowest BCUT2D eigenvalue weighted by Gasteiger charge is -2.22. The molecule has 1 unspecified atom stereocenters. The molecule has 0 amide bonds. The van der Waals surface area contributed by atoms with Crippen molar-refractivity contribution in [3.8, 4) is 0 Å². The molecule has 0 bridgehead atoms. The van der Waals surface area contributed by atoms with Crippen LogP contribution in [-0.4, -0.2) is 19.2 Å². The van der Waals surface area contributed by atoms with Gasteiger partial charge in [-0.05, 0) is 35.1 Å².